The molecule has 4 atom stereocenters. The maximum Gasteiger partial charge on any atom is 0.0733 e. The lowest BCUT2D eigenvalue weighted by molar-refractivity contribution is 0.0963. The number of thioether (sulfide) groups is 1. The molecule has 3 aliphatic rings. The fourth-order valence-corrected chi connectivity index (χ4v) is 3.95. The molecule has 3 heteroatoms. The van der Waals surface area contributed by atoms with Crippen LogP contribution in [0.15, 0.2) is 0 Å². The summed E-state index contributed by atoms with van der Waals surface area (Å²) < 4.78 is 5.83. The maximum atomic E-state index is 5.83. The van der Waals surface area contributed by atoms with Crippen LogP contribution >= 0.6 is 11.8 Å². The summed E-state index contributed by atoms with van der Waals surface area (Å²) >= 11 is 2.08. The number of hydrogen-bond donors (Lipinski definition) is 1. The maximum absolute atomic E-state index is 5.83. The Bertz CT molecular complexity index is 193. The van der Waals surface area contributed by atoms with Crippen molar-refractivity contribution in [2.75, 3.05) is 11.5 Å². The van der Waals surface area contributed by atoms with Crippen LogP contribution in [0.2, 0.25) is 0 Å². The normalized spacial score (nSPS) is 48.9. The van der Waals surface area contributed by atoms with Crippen LogP contribution in [-0.2, 0) is 4.74 Å². The molecule has 0 spiro atoms. The number of nitrogens with one attached hydrogen (secondary N) is 1. The molecule has 0 aromatic carbocycles. The smallest absolute Gasteiger partial charge is 0.0733 e. The first-order valence-electron chi connectivity index (χ1n) is 5.41. The average molecular weight is 199 g/mol. The molecule has 74 valence electrons. The molecule has 3 rings (SSSR count). The first-order chi connectivity index (χ1) is 6.42. The van der Waals surface area contributed by atoms with Gasteiger partial charge in [0, 0.05) is 17.8 Å². The van der Waals surface area contributed by atoms with Gasteiger partial charge in [0.05, 0.1) is 12.2 Å². The van der Waals surface area contributed by atoms with Crippen molar-refractivity contribution in [3.8, 4) is 0 Å². The van der Waals surface area contributed by atoms with Crippen molar-refractivity contribution in [1.29, 1.82) is 0 Å². The Kier molecular flexibility index (Phi) is 2.27. The summed E-state index contributed by atoms with van der Waals surface area (Å²) in [6.45, 7) is 0. The second-order valence-electron chi connectivity index (χ2n) is 4.44. The monoisotopic (exact) mass is 199 g/mol. The molecule has 1 unspecified atom stereocenters. The fourth-order valence-electron chi connectivity index (χ4n) is 2.78. The van der Waals surface area contributed by atoms with Crippen LogP contribution in [0.25, 0.3) is 0 Å². The minimum atomic E-state index is 0.551. The van der Waals surface area contributed by atoms with Crippen LogP contribution in [0.1, 0.15) is 25.7 Å². The third-order valence-electron chi connectivity index (χ3n) is 3.49. The molecule has 0 aromatic rings. The molecule has 0 saturated carbocycles. The van der Waals surface area contributed by atoms with Gasteiger partial charge in [-0.1, -0.05) is 0 Å². The van der Waals surface area contributed by atoms with Crippen LogP contribution in [0.4, 0.5) is 0 Å². The highest BCUT2D eigenvalue weighted by Gasteiger charge is 2.41. The van der Waals surface area contributed by atoms with Crippen molar-refractivity contribution in [2.45, 2.75) is 50.0 Å². The Labute approximate surface area is 83.8 Å². The summed E-state index contributed by atoms with van der Waals surface area (Å²) in [7, 11) is 0. The Morgan fingerprint density at radius 2 is 2.23 bits per heavy atom. The van der Waals surface area contributed by atoms with Crippen LogP contribution in [-0.4, -0.2) is 35.8 Å². The second kappa shape index (κ2) is 3.44. The van der Waals surface area contributed by atoms with Crippen molar-refractivity contribution < 1.29 is 4.74 Å². The molecule has 3 aliphatic heterocycles. The van der Waals surface area contributed by atoms with E-state index in [4.69, 9.17) is 4.74 Å². The molecular weight excluding hydrogens is 182 g/mol. The van der Waals surface area contributed by atoms with E-state index in [1.807, 2.05) is 0 Å². The van der Waals surface area contributed by atoms with E-state index in [2.05, 4.69) is 17.1 Å². The van der Waals surface area contributed by atoms with E-state index < -0.39 is 0 Å². The Balaban J connectivity index is 1.55. The fraction of sp³-hybridized carbons (Fsp3) is 1.00. The predicted octanol–water partition coefficient (Wildman–Crippen LogP) is 1.40. The summed E-state index contributed by atoms with van der Waals surface area (Å²) in [6.07, 6.45) is 6.38. The lowest BCUT2D eigenvalue weighted by Crippen LogP contribution is -2.43. The highest BCUT2D eigenvalue weighted by atomic mass is 32.2. The van der Waals surface area contributed by atoms with Crippen molar-refractivity contribution in [3.63, 3.8) is 0 Å². The van der Waals surface area contributed by atoms with Crippen molar-refractivity contribution in [1.82, 2.24) is 5.32 Å². The molecular formula is C10H17NOS. The van der Waals surface area contributed by atoms with Crippen LogP contribution in [0.5, 0.6) is 0 Å². The lowest BCUT2D eigenvalue weighted by atomic mass is 9.95. The molecule has 0 radical (unpaired) electrons. The molecule has 0 aromatic heterocycles. The largest absolute Gasteiger partial charge is 0.373 e. The molecule has 13 heavy (non-hydrogen) atoms. The van der Waals surface area contributed by atoms with E-state index in [0.29, 0.717) is 18.2 Å². The first kappa shape index (κ1) is 8.57. The predicted molar refractivity (Wildman–Crippen MR) is 55.2 cm³/mol. The number of hydrogen-bond acceptors (Lipinski definition) is 3. The molecule has 0 aliphatic carbocycles. The summed E-state index contributed by atoms with van der Waals surface area (Å²) in [5.41, 5.74) is 0. The highest BCUT2D eigenvalue weighted by molar-refractivity contribution is 7.99. The molecule has 3 heterocycles. The summed E-state index contributed by atoms with van der Waals surface area (Å²) in [5, 5.41) is 3.76. The zero-order chi connectivity index (χ0) is 8.67. The zero-order valence-corrected chi connectivity index (χ0v) is 8.69. The topological polar surface area (TPSA) is 21.3 Å². The molecule has 3 saturated heterocycles. The number of ether oxygens (including phenoxy) is 1. The summed E-state index contributed by atoms with van der Waals surface area (Å²) in [5.74, 6) is 2.66. The van der Waals surface area contributed by atoms with Gasteiger partial charge in [-0.2, -0.15) is 11.8 Å². The molecule has 3 fully saturated rings. The van der Waals surface area contributed by atoms with E-state index >= 15 is 0 Å². The first-order valence-corrected chi connectivity index (χ1v) is 6.56. The zero-order valence-electron chi connectivity index (χ0n) is 7.87. The summed E-state index contributed by atoms with van der Waals surface area (Å²) in [4.78, 5) is 0. The lowest BCUT2D eigenvalue weighted by Gasteiger charge is -2.23. The van der Waals surface area contributed by atoms with E-state index in [9.17, 15) is 0 Å². The Morgan fingerprint density at radius 3 is 2.85 bits per heavy atom. The van der Waals surface area contributed by atoms with Crippen LogP contribution < -0.4 is 5.32 Å². The van der Waals surface area contributed by atoms with Gasteiger partial charge < -0.3 is 10.1 Å². The van der Waals surface area contributed by atoms with Crippen molar-refractivity contribution in [3.05, 3.63) is 0 Å². The van der Waals surface area contributed by atoms with E-state index in [1.54, 1.807) is 0 Å². The second-order valence-corrected chi connectivity index (χ2v) is 5.59. The minimum absolute atomic E-state index is 0.551. The van der Waals surface area contributed by atoms with E-state index in [-0.39, 0.29) is 0 Å². The van der Waals surface area contributed by atoms with Gasteiger partial charge in [0.2, 0.25) is 0 Å². The Hall–Kier alpha value is 0.270. The minimum Gasteiger partial charge on any atom is -0.373 e. The van der Waals surface area contributed by atoms with Gasteiger partial charge in [-0.3, -0.25) is 0 Å². The van der Waals surface area contributed by atoms with Gasteiger partial charge in [-0.15, -0.1) is 0 Å². The number of rotatable bonds is 2. The van der Waals surface area contributed by atoms with Crippen LogP contribution in [0, 0.1) is 0 Å². The van der Waals surface area contributed by atoms with Crippen LogP contribution in [0.3, 0.4) is 0 Å². The third-order valence-corrected chi connectivity index (χ3v) is 4.65. The van der Waals surface area contributed by atoms with Gasteiger partial charge in [-0.25, -0.2) is 0 Å². The van der Waals surface area contributed by atoms with E-state index in [1.165, 1.54) is 37.2 Å². The molecule has 2 nitrogen and oxygen atoms in total. The number of fused-ring (bicyclic) bond motifs is 2. The Morgan fingerprint density at radius 1 is 1.23 bits per heavy atom. The van der Waals surface area contributed by atoms with Crippen molar-refractivity contribution in [2.24, 2.45) is 0 Å². The quantitative estimate of drug-likeness (QED) is 0.726. The average Bonchev–Trinajstić information content (AvgIpc) is 2.77. The molecule has 2 bridgehead atoms. The van der Waals surface area contributed by atoms with Gasteiger partial charge in [0.25, 0.3) is 0 Å². The van der Waals surface area contributed by atoms with Gasteiger partial charge in [-0.05, 0) is 31.4 Å². The third kappa shape index (κ3) is 1.62. The summed E-state index contributed by atoms with van der Waals surface area (Å²) in [6, 6.07) is 1.46. The molecule has 1 N–H and O–H groups in total. The molecule has 0 amide bonds. The highest BCUT2D eigenvalue weighted by Crippen LogP contribution is 2.35. The van der Waals surface area contributed by atoms with Crippen molar-refractivity contribution >= 4 is 11.8 Å². The SMILES string of the molecule is C1CC(N[C@@H]2C[C@H]3CC[C@@H]2O3)CS1. The van der Waals surface area contributed by atoms with Gasteiger partial charge >= 0.3 is 0 Å². The van der Waals surface area contributed by atoms with Gasteiger partial charge in [0.1, 0.15) is 0 Å². The standard InChI is InChI=1S/C10H17NOS/c1-2-10-9(5-8(1)12-10)11-7-3-4-13-6-7/h7-11H,1-6H2/t7?,8-,9-,10+/m1/s1. The van der Waals surface area contributed by atoms with Gasteiger partial charge in [0.15, 0.2) is 0 Å². The van der Waals surface area contributed by atoms with E-state index in [0.717, 1.165) is 6.04 Å².